The normalized spacial score (nSPS) is 19.9. The predicted octanol–water partition coefficient (Wildman–Crippen LogP) is 4.41. The second kappa shape index (κ2) is 11.0. The standard InChI is InChI=1S/C29H28ClN5O7/c1-40-27(38)31-19-7-4-17(5-8-19)25(36)32-24(14-20-13-23(34-42-20)16-2-3-16)26(37)35-11-10-29(15-35)21-12-18(30)6-9-22(21)33-28(39)41-29/h4-9,12-13,16,24H,2-3,10-11,14-15H2,1H3,(H,31,38)(H,32,36)(H,33,39)/t24-,29?/m0/s1. The van der Waals surface area contributed by atoms with Gasteiger partial charge in [0.25, 0.3) is 5.91 Å². The smallest absolute Gasteiger partial charge is 0.412 e. The molecule has 1 aliphatic carbocycles. The Morgan fingerprint density at radius 3 is 2.71 bits per heavy atom. The van der Waals surface area contributed by atoms with Crippen molar-refractivity contribution in [2.75, 3.05) is 30.8 Å². The van der Waals surface area contributed by atoms with Crippen LogP contribution in [0.3, 0.4) is 0 Å². The van der Waals surface area contributed by atoms with E-state index in [2.05, 4.69) is 25.8 Å². The van der Waals surface area contributed by atoms with Gasteiger partial charge >= 0.3 is 12.2 Å². The molecule has 12 nitrogen and oxygen atoms in total. The topological polar surface area (TPSA) is 152 Å². The molecular formula is C29H28ClN5O7. The van der Waals surface area contributed by atoms with Crippen molar-refractivity contribution in [3.8, 4) is 0 Å². The highest BCUT2D eigenvalue weighted by Crippen LogP contribution is 2.44. The summed E-state index contributed by atoms with van der Waals surface area (Å²) in [6.07, 6.45) is 1.29. The Morgan fingerprint density at radius 1 is 1.19 bits per heavy atom. The molecule has 42 heavy (non-hydrogen) atoms. The van der Waals surface area contributed by atoms with Gasteiger partial charge in [-0.2, -0.15) is 0 Å². The van der Waals surface area contributed by atoms with Gasteiger partial charge in [0.1, 0.15) is 11.8 Å². The average molecular weight is 594 g/mol. The SMILES string of the molecule is COC(=O)Nc1ccc(C(=O)N[C@@H](Cc2cc(C3CC3)no2)C(=O)N2CCC3(C2)OC(=O)Nc2ccc(Cl)cc23)cc1. The second-order valence-corrected chi connectivity index (χ2v) is 11.1. The van der Waals surface area contributed by atoms with Crippen LogP contribution in [0.4, 0.5) is 21.0 Å². The number of hydrogen-bond acceptors (Lipinski definition) is 8. The molecule has 1 unspecified atom stereocenters. The number of benzene rings is 2. The van der Waals surface area contributed by atoms with Gasteiger partial charge in [-0.15, -0.1) is 0 Å². The number of methoxy groups -OCH3 is 1. The van der Waals surface area contributed by atoms with Crippen LogP contribution in [0.5, 0.6) is 0 Å². The number of anilines is 2. The van der Waals surface area contributed by atoms with E-state index >= 15 is 0 Å². The highest BCUT2D eigenvalue weighted by molar-refractivity contribution is 6.30. The van der Waals surface area contributed by atoms with E-state index in [4.69, 9.17) is 20.9 Å². The second-order valence-electron chi connectivity index (χ2n) is 10.6. The molecule has 0 radical (unpaired) electrons. The molecule has 3 aromatic rings. The van der Waals surface area contributed by atoms with Crippen molar-refractivity contribution in [2.45, 2.75) is 43.2 Å². The van der Waals surface area contributed by atoms with Crippen LogP contribution in [0, 0.1) is 0 Å². The fraction of sp³-hybridized carbons (Fsp3) is 0.345. The minimum Gasteiger partial charge on any atom is -0.453 e. The van der Waals surface area contributed by atoms with Gasteiger partial charge in [0.15, 0.2) is 5.60 Å². The molecule has 1 saturated carbocycles. The average Bonchev–Trinajstić information content (AvgIpc) is 3.58. The first-order chi connectivity index (χ1) is 20.2. The van der Waals surface area contributed by atoms with Crippen LogP contribution in [-0.2, 0) is 26.3 Å². The first-order valence-corrected chi connectivity index (χ1v) is 13.9. The molecule has 1 aromatic heterocycles. The number of likely N-dealkylation sites (tertiary alicyclic amines) is 1. The van der Waals surface area contributed by atoms with Crippen LogP contribution in [-0.4, -0.2) is 60.3 Å². The number of nitrogens with zero attached hydrogens (tertiary/aromatic N) is 2. The molecule has 4 amide bonds. The zero-order valence-electron chi connectivity index (χ0n) is 22.6. The first kappa shape index (κ1) is 27.6. The Labute approximate surface area is 245 Å². The highest BCUT2D eigenvalue weighted by Gasteiger charge is 2.49. The van der Waals surface area contributed by atoms with E-state index in [0.717, 1.165) is 18.5 Å². The molecule has 1 spiro atoms. The van der Waals surface area contributed by atoms with E-state index in [0.29, 0.717) is 46.6 Å². The number of amides is 4. The zero-order valence-corrected chi connectivity index (χ0v) is 23.4. The van der Waals surface area contributed by atoms with E-state index in [9.17, 15) is 19.2 Å². The lowest BCUT2D eigenvalue weighted by Gasteiger charge is -2.35. The lowest BCUT2D eigenvalue weighted by molar-refractivity contribution is -0.133. The zero-order chi connectivity index (χ0) is 29.4. The van der Waals surface area contributed by atoms with Crippen LogP contribution >= 0.6 is 11.6 Å². The number of carbonyl (C=O) groups is 4. The quantitative estimate of drug-likeness (QED) is 0.364. The third-order valence-electron chi connectivity index (χ3n) is 7.70. The van der Waals surface area contributed by atoms with Crippen LogP contribution in [0.25, 0.3) is 0 Å². The molecule has 13 heteroatoms. The number of nitrogens with one attached hydrogen (secondary N) is 3. The summed E-state index contributed by atoms with van der Waals surface area (Å²) < 4.78 is 15.9. The van der Waals surface area contributed by atoms with Crippen molar-refractivity contribution in [3.63, 3.8) is 0 Å². The van der Waals surface area contributed by atoms with Gasteiger partial charge in [0.2, 0.25) is 5.91 Å². The van der Waals surface area contributed by atoms with Crippen LogP contribution in [0.2, 0.25) is 5.02 Å². The van der Waals surface area contributed by atoms with Gasteiger partial charge in [0.05, 0.1) is 25.0 Å². The number of fused-ring (bicyclic) bond motifs is 2. The van der Waals surface area contributed by atoms with E-state index in [-0.39, 0.29) is 24.4 Å². The molecule has 3 heterocycles. The summed E-state index contributed by atoms with van der Waals surface area (Å²) in [6.45, 7) is 0.388. The summed E-state index contributed by atoms with van der Waals surface area (Å²) in [5.41, 5.74) is 1.77. The molecule has 2 aliphatic heterocycles. The van der Waals surface area contributed by atoms with Crippen molar-refractivity contribution in [1.82, 2.24) is 15.4 Å². The molecule has 6 rings (SSSR count). The van der Waals surface area contributed by atoms with Gasteiger partial charge in [-0.05, 0) is 55.3 Å². The summed E-state index contributed by atoms with van der Waals surface area (Å²) in [5, 5.41) is 12.7. The number of hydrogen-bond donors (Lipinski definition) is 3. The minimum absolute atomic E-state index is 0.0829. The maximum atomic E-state index is 14.0. The maximum absolute atomic E-state index is 14.0. The van der Waals surface area contributed by atoms with E-state index in [1.54, 1.807) is 35.2 Å². The van der Waals surface area contributed by atoms with E-state index in [1.165, 1.54) is 19.2 Å². The molecule has 1 saturated heterocycles. The summed E-state index contributed by atoms with van der Waals surface area (Å²) in [7, 11) is 1.25. The van der Waals surface area contributed by atoms with Crippen LogP contribution in [0.1, 0.15) is 52.6 Å². The van der Waals surface area contributed by atoms with Crippen molar-refractivity contribution >= 4 is 47.0 Å². The fourth-order valence-corrected chi connectivity index (χ4v) is 5.55. The third kappa shape index (κ3) is 5.62. The van der Waals surface area contributed by atoms with Crippen molar-refractivity contribution in [2.24, 2.45) is 0 Å². The molecule has 2 atom stereocenters. The van der Waals surface area contributed by atoms with Gasteiger partial charge in [0, 0.05) is 53.2 Å². The number of aromatic nitrogens is 1. The van der Waals surface area contributed by atoms with Crippen LogP contribution in [0.15, 0.2) is 53.1 Å². The minimum atomic E-state index is -1.07. The highest BCUT2D eigenvalue weighted by atomic mass is 35.5. The van der Waals surface area contributed by atoms with Crippen molar-refractivity contribution < 1.29 is 33.2 Å². The number of carbonyl (C=O) groups excluding carboxylic acids is 4. The molecular weight excluding hydrogens is 566 g/mol. The summed E-state index contributed by atoms with van der Waals surface area (Å²) in [6, 6.07) is 12.1. The predicted molar refractivity (Wildman–Crippen MR) is 150 cm³/mol. The van der Waals surface area contributed by atoms with Gasteiger partial charge in [-0.25, -0.2) is 9.59 Å². The van der Waals surface area contributed by atoms with Crippen LogP contribution < -0.4 is 16.0 Å². The molecule has 2 fully saturated rings. The van der Waals surface area contributed by atoms with Gasteiger partial charge in [-0.1, -0.05) is 16.8 Å². The monoisotopic (exact) mass is 593 g/mol. The lowest BCUT2D eigenvalue weighted by Crippen LogP contribution is -2.50. The van der Waals surface area contributed by atoms with Gasteiger partial charge < -0.3 is 24.2 Å². The Balaban J connectivity index is 1.22. The number of ether oxygens (including phenoxy) is 2. The largest absolute Gasteiger partial charge is 0.453 e. The fourth-order valence-electron chi connectivity index (χ4n) is 5.38. The Morgan fingerprint density at radius 2 is 1.98 bits per heavy atom. The number of halogens is 1. The molecule has 3 aliphatic rings. The van der Waals surface area contributed by atoms with E-state index < -0.39 is 29.7 Å². The molecule has 3 N–H and O–H groups in total. The molecule has 218 valence electrons. The third-order valence-corrected chi connectivity index (χ3v) is 7.94. The van der Waals surface area contributed by atoms with Gasteiger partial charge in [-0.3, -0.25) is 20.2 Å². The van der Waals surface area contributed by atoms with Crippen molar-refractivity contribution in [3.05, 3.63) is 76.1 Å². The summed E-state index contributed by atoms with van der Waals surface area (Å²) in [4.78, 5) is 52.7. The summed E-state index contributed by atoms with van der Waals surface area (Å²) in [5.74, 6) is 0.00163. The Hall–Kier alpha value is -4.58. The maximum Gasteiger partial charge on any atom is 0.412 e. The Bertz CT molecular complexity index is 1550. The lowest BCUT2D eigenvalue weighted by atomic mass is 9.90. The molecule has 2 aromatic carbocycles. The Kier molecular flexibility index (Phi) is 7.23. The van der Waals surface area contributed by atoms with E-state index in [1.807, 2.05) is 6.07 Å². The summed E-state index contributed by atoms with van der Waals surface area (Å²) >= 11 is 6.26. The molecule has 0 bridgehead atoms. The van der Waals surface area contributed by atoms with Crippen molar-refractivity contribution in [1.29, 1.82) is 0 Å². The first-order valence-electron chi connectivity index (χ1n) is 13.5. The number of rotatable bonds is 7.